The molecule has 0 aliphatic heterocycles. The van der Waals surface area contributed by atoms with E-state index in [1.807, 2.05) is 52.8 Å². The molecular formula is C28H32N4O4S2. The average Bonchev–Trinajstić information content (AvgIpc) is 3.53. The van der Waals surface area contributed by atoms with E-state index in [9.17, 15) is 13.2 Å². The molecule has 0 spiro atoms. The maximum Gasteiger partial charge on any atom is 0.280 e. The number of benzene rings is 2. The average molecular weight is 553 g/mol. The number of thiazole rings is 1. The zero-order valence-corrected chi connectivity index (χ0v) is 23.8. The van der Waals surface area contributed by atoms with E-state index in [1.165, 1.54) is 57.4 Å². The highest BCUT2D eigenvalue weighted by molar-refractivity contribution is 7.89. The van der Waals surface area contributed by atoms with Gasteiger partial charge in [0.05, 0.1) is 27.6 Å². The Balaban J connectivity index is 1.67. The smallest absolute Gasteiger partial charge is 0.280 e. The molecule has 200 valence electrons. The van der Waals surface area contributed by atoms with Crippen LogP contribution in [0.4, 0.5) is 5.13 Å². The van der Waals surface area contributed by atoms with E-state index < -0.39 is 15.9 Å². The predicted molar refractivity (Wildman–Crippen MR) is 152 cm³/mol. The van der Waals surface area contributed by atoms with Gasteiger partial charge >= 0.3 is 0 Å². The summed E-state index contributed by atoms with van der Waals surface area (Å²) in [5.41, 5.74) is 2.14. The van der Waals surface area contributed by atoms with Crippen LogP contribution in [-0.4, -0.2) is 42.9 Å². The molecule has 0 atom stereocenters. The Labute approximate surface area is 227 Å². The van der Waals surface area contributed by atoms with Gasteiger partial charge in [-0.3, -0.25) is 4.79 Å². The number of aryl methyl sites for hydroxylation is 1. The van der Waals surface area contributed by atoms with Crippen LogP contribution in [0, 0.1) is 18.8 Å². The standard InChI is InChI=1S/C28H32N4O4S2/c1-19(2)17-31(18-20(3)4)38(34,35)24-11-9-22(10-12-24)27(33)32(29-16-23-7-6-14-36-23)28-30-25-13-8-21(5)15-26(25)37-28/h6-16,19-20H,17-18H2,1-5H3/b29-16+. The highest BCUT2D eigenvalue weighted by Crippen LogP contribution is 2.31. The number of carbonyl (C=O) groups is 1. The molecule has 2 aromatic heterocycles. The fourth-order valence-corrected chi connectivity index (χ4v) is 6.69. The van der Waals surface area contributed by atoms with Crippen LogP contribution < -0.4 is 5.01 Å². The van der Waals surface area contributed by atoms with Crippen LogP contribution in [0.25, 0.3) is 10.2 Å². The number of nitrogens with zero attached hydrogens (tertiary/aromatic N) is 4. The maximum absolute atomic E-state index is 13.6. The number of furan rings is 1. The van der Waals surface area contributed by atoms with E-state index in [2.05, 4.69) is 10.1 Å². The van der Waals surface area contributed by atoms with Crippen molar-refractivity contribution in [2.45, 2.75) is 39.5 Å². The van der Waals surface area contributed by atoms with Gasteiger partial charge in [-0.25, -0.2) is 13.4 Å². The van der Waals surface area contributed by atoms with Crippen LogP contribution in [0.2, 0.25) is 0 Å². The fourth-order valence-electron chi connectivity index (χ4n) is 3.90. The number of hydrazone groups is 1. The molecule has 0 N–H and O–H groups in total. The van der Waals surface area contributed by atoms with Crippen molar-refractivity contribution < 1.29 is 17.6 Å². The first-order chi connectivity index (χ1) is 18.0. The first kappa shape index (κ1) is 27.7. The van der Waals surface area contributed by atoms with Crippen LogP contribution in [-0.2, 0) is 10.0 Å². The highest BCUT2D eigenvalue weighted by Gasteiger charge is 2.27. The number of hydrogen-bond donors (Lipinski definition) is 0. The van der Waals surface area contributed by atoms with E-state index in [0.717, 1.165) is 15.8 Å². The van der Waals surface area contributed by atoms with Crippen molar-refractivity contribution in [2.24, 2.45) is 16.9 Å². The van der Waals surface area contributed by atoms with Crippen molar-refractivity contribution >= 4 is 48.8 Å². The van der Waals surface area contributed by atoms with Crippen LogP contribution >= 0.6 is 11.3 Å². The molecule has 10 heteroatoms. The van der Waals surface area contributed by atoms with E-state index in [4.69, 9.17) is 4.42 Å². The lowest BCUT2D eigenvalue weighted by atomic mass is 10.2. The monoisotopic (exact) mass is 552 g/mol. The lowest BCUT2D eigenvalue weighted by Gasteiger charge is -2.25. The second-order valence-electron chi connectivity index (χ2n) is 9.98. The molecule has 0 aliphatic carbocycles. The minimum absolute atomic E-state index is 0.149. The summed E-state index contributed by atoms with van der Waals surface area (Å²) in [6.07, 6.45) is 2.97. The summed E-state index contributed by atoms with van der Waals surface area (Å²) in [7, 11) is -3.71. The third-order valence-corrected chi connectivity index (χ3v) is 8.47. The minimum atomic E-state index is -3.71. The van der Waals surface area contributed by atoms with Crippen molar-refractivity contribution in [3.63, 3.8) is 0 Å². The number of aromatic nitrogens is 1. The molecule has 4 aromatic rings. The third kappa shape index (κ3) is 6.38. The van der Waals surface area contributed by atoms with Gasteiger partial charge in [-0.2, -0.15) is 14.4 Å². The van der Waals surface area contributed by atoms with Gasteiger partial charge < -0.3 is 4.42 Å². The van der Waals surface area contributed by atoms with E-state index >= 15 is 0 Å². The lowest BCUT2D eigenvalue weighted by Crippen LogP contribution is -2.37. The Morgan fingerprint density at radius 3 is 2.34 bits per heavy atom. The van der Waals surface area contributed by atoms with E-state index in [1.54, 1.807) is 12.1 Å². The molecule has 1 amide bonds. The minimum Gasteiger partial charge on any atom is -0.463 e. The SMILES string of the molecule is Cc1ccc2nc(N(/N=C/c3ccco3)C(=O)c3ccc(S(=O)(=O)N(CC(C)C)CC(C)C)cc3)sc2c1. The largest absolute Gasteiger partial charge is 0.463 e. The Hall–Kier alpha value is -3.34. The van der Waals surface area contributed by atoms with Crippen LogP contribution in [0.1, 0.15) is 49.4 Å². The molecule has 2 aromatic carbocycles. The molecule has 0 unspecified atom stereocenters. The summed E-state index contributed by atoms with van der Waals surface area (Å²) < 4.78 is 34.6. The van der Waals surface area contributed by atoms with Crippen molar-refractivity contribution in [3.8, 4) is 0 Å². The molecule has 4 rings (SSSR count). The van der Waals surface area contributed by atoms with Gasteiger partial charge in [-0.1, -0.05) is 45.1 Å². The summed E-state index contributed by atoms with van der Waals surface area (Å²) in [6, 6.07) is 15.3. The normalized spacial score (nSPS) is 12.4. The fraction of sp³-hybridized carbons (Fsp3) is 0.321. The molecule has 0 fully saturated rings. The zero-order chi connectivity index (χ0) is 27.4. The highest BCUT2D eigenvalue weighted by atomic mass is 32.2. The first-order valence-electron chi connectivity index (χ1n) is 12.4. The maximum atomic E-state index is 13.6. The number of fused-ring (bicyclic) bond motifs is 1. The predicted octanol–water partition coefficient (Wildman–Crippen LogP) is 6.18. The number of hydrogen-bond acceptors (Lipinski definition) is 7. The van der Waals surface area contributed by atoms with Crippen LogP contribution in [0.3, 0.4) is 0 Å². The molecule has 0 aliphatic rings. The molecule has 8 nitrogen and oxygen atoms in total. The van der Waals surface area contributed by atoms with E-state index in [-0.39, 0.29) is 22.3 Å². The Bertz CT molecular complexity index is 1510. The van der Waals surface area contributed by atoms with Gasteiger partial charge in [0.15, 0.2) is 0 Å². The quantitative estimate of drug-likeness (QED) is 0.173. The van der Waals surface area contributed by atoms with Gasteiger partial charge in [0.25, 0.3) is 5.91 Å². The second kappa shape index (κ2) is 11.6. The second-order valence-corrected chi connectivity index (χ2v) is 12.9. The summed E-state index contributed by atoms with van der Waals surface area (Å²) in [6.45, 7) is 10.8. The topological polar surface area (TPSA) is 96.1 Å². The van der Waals surface area contributed by atoms with Gasteiger partial charge in [-0.05, 0) is 72.9 Å². The molecule has 2 heterocycles. The molecule has 0 radical (unpaired) electrons. The summed E-state index contributed by atoms with van der Waals surface area (Å²) in [4.78, 5) is 18.4. The van der Waals surface area contributed by atoms with Crippen molar-refractivity contribution in [3.05, 3.63) is 77.7 Å². The summed E-state index contributed by atoms with van der Waals surface area (Å²) in [5.74, 6) is 0.412. The van der Waals surface area contributed by atoms with Gasteiger partial charge in [0.2, 0.25) is 15.2 Å². The van der Waals surface area contributed by atoms with Crippen molar-refractivity contribution in [1.82, 2.24) is 9.29 Å². The molecular weight excluding hydrogens is 520 g/mol. The summed E-state index contributed by atoms with van der Waals surface area (Å²) in [5, 5.41) is 6.00. The van der Waals surface area contributed by atoms with E-state index in [0.29, 0.717) is 24.0 Å². The molecule has 38 heavy (non-hydrogen) atoms. The van der Waals surface area contributed by atoms with Gasteiger partial charge in [0.1, 0.15) is 5.76 Å². The number of anilines is 1. The van der Waals surface area contributed by atoms with Crippen molar-refractivity contribution in [2.75, 3.05) is 18.1 Å². The Morgan fingerprint density at radius 1 is 1.05 bits per heavy atom. The number of amides is 1. The lowest BCUT2D eigenvalue weighted by molar-refractivity contribution is 0.0987. The molecule has 0 saturated carbocycles. The van der Waals surface area contributed by atoms with Gasteiger partial charge in [0, 0.05) is 18.7 Å². The zero-order valence-electron chi connectivity index (χ0n) is 22.2. The molecule has 0 bridgehead atoms. The summed E-state index contributed by atoms with van der Waals surface area (Å²) >= 11 is 1.35. The van der Waals surface area contributed by atoms with Crippen LogP contribution in [0.15, 0.2) is 75.3 Å². The number of sulfonamides is 1. The van der Waals surface area contributed by atoms with Crippen molar-refractivity contribution in [1.29, 1.82) is 0 Å². The number of rotatable bonds is 10. The Kier molecular flexibility index (Phi) is 8.44. The van der Waals surface area contributed by atoms with Crippen LogP contribution in [0.5, 0.6) is 0 Å². The molecule has 0 saturated heterocycles. The Morgan fingerprint density at radius 2 is 1.74 bits per heavy atom. The number of carbonyl (C=O) groups excluding carboxylic acids is 1. The third-order valence-electron chi connectivity index (χ3n) is 5.63. The van der Waals surface area contributed by atoms with Gasteiger partial charge in [-0.15, -0.1) is 0 Å². The first-order valence-corrected chi connectivity index (χ1v) is 14.7.